The molecule has 0 bridgehead atoms. The molecule has 1 aliphatic rings. The van der Waals surface area contributed by atoms with Gasteiger partial charge in [-0.3, -0.25) is 4.79 Å². The van der Waals surface area contributed by atoms with Crippen molar-refractivity contribution in [2.75, 3.05) is 13.1 Å². The molecule has 0 saturated carbocycles. The first-order chi connectivity index (χ1) is 8.04. The highest BCUT2D eigenvalue weighted by Crippen LogP contribution is 2.31. The Kier molecular flexibility index (Phi) is 3.55. The fraction of sp³-hybridized carbons (Fsp3) is 0.500. The average Bonchev–Trinajstić information content (AvgIpc) is 2.76. The third kappa shape index (κ3) is 2.70. The quantitative estimate of drug-likeness (QED) is 0.798. The highest BCUT2D eigenvalue weighted by molar-refractivity contribution is 9.11. The SMILES string of the molecule is CC1(C#N)CCN(C(=O)c2csc(Br)c2)CC1. The maximum atomic E-state index is 12.1. The molecule has 1 saturated heterocycles. The summed E-state index contributed by atoms with van der Waals surface area (Å²) in [6, 6.07) is 4.19. The van der Waals surface area contributed by atoms with E-state index < -0.39 is 0 Å². The molecule has 2 heterocycles. The molecule has 0 unspecified atom stereocenters. The summed E-state index contributed by atoms with van der Waals surface area (Å²) in [7, 11) is 0. The van der Waals surface area contributed by atoms with E-state index in [1.165, 1.54) is 11.3 Å². The van der Waals surface area contributed by atoms with E-state index in [0.717, 1.165) is 22.2 Å². The van der Waals surface area contributed by atoms with Crippen LogP contribution in [0, 0.1) is 16.7 Å². The molecule has 0 spiro atoms. The van der Waals surface area contributed by atoms with Gasteiger partial charge in [-0.25, -0.2) is 0 Å². The summed E-state index contributed by atoms with van der Waals surface area (Å²) in [5, 5.41) is 10.9. The van der Waals surface area contributed by atoms with Crippen molar-refractivity contribution in [2.24, 2.45) is 5.41 Å². The van der Waals surface area contributed by atoms with Gasteiger partial charge in [-0.2, -0.15) is 5.26 Å². The van der Waals surface area contributed by atoms with Crippen LogP contribution >= 0.6 is 27.3 Å². The summed E-state index contributed by atoms with van der Waals surface area (Å²) in [6.45, 7) is 3.32. The maximum Gasteiger partial charge on any atom is 0.254 e. The molecule has 5 heteroatoms. The van der Waals surface area contributed by atoms with E-state index in [9.17, 15) is 4.79 Å². The van der Waals surface area contributed by atoms with Crippen molar-refractivity contribution < 1.29 is 4.79 Å². The van der Waals surface area contributed by atoms with Crippen molar-refractivity contribution in [1.29, 1.82) is 5.26 Å². The first-order valence-corrected chi connectivity index (χ1v) is 7.16. The second-order valence-electron chi connectivity index (χ2n) is 4.60. The Balaban J connectivity index is 2.02. The molecule has 3 nitrogen and oxygen atoms in total. The summed E-state index contributed by atoms with van der Waals surface area (Å²) in [6.07, 6.45) is 1.53. The summed E-state index contributed by atoms with van der Waals surface area (Å²) < 4.78 is 0.972. The molecule has 2 rings (SSSR count). The Bertz CT molecular complexity index is 469. The van der Waals surface area contributed by atoms with E-state index in [1.807, 2.05) is 23.3 Å². The lowest BCUT2D eigenvalue weighted by molar-refractivity contribution is 0.0662. The van der Waals surface area contributed by atoms with Gasteiger partial charge >= 0.3 is 0 Å². The number of piperidine rings is 1. The van der Waals surface area contributed by atoms with Gasteiger partial charge in [0.05, 0.1) is 20.8 Å². The van der Waals surface area contributed by atoms with E-state index in [-0.39, 0.29) is 11.3 Å². The van der Waals surface area contributed by atoms with Crippen LogP contribution in [-0.2, 0) is 0 Å². The molecule has 0 atom stereocenters. The monoisotopic (exact) mass is 312 g/mol. The lowest BCUT2D eigenvalue weighted by Gasteiger charge is -2.34. The zero-order chi connectivity index (χ0) is 12.5. The minimum absolute atomic E-state index is 0.0759. The van der Waals surface area contributed by atoms with E-state index in [1.54, 1.807) is 0 Å². The minimum Gasteiger partial charge on any atom is -0.339 e. The molecule has 0 aromatic carbocycles. The first kappa shape index (κ1) is 12.6. The molecule has 1 aliphatic heterocycles. The molecule has 1 fully saturated rings. The van der Waals surface area contributed by atoms with Crippen LogP contribution < -0.4 is 0 Å². The Labute approximate surface area is 113 Å². The number of amides is 1. The number of hydrogen-bond donors (Lipinski definition) is 0. The smallest absolute Gasteiger partial charge is 0.254 e. The second kappa shape index (κ2) is 4.79. The number of carbonyl (C=O) groups excluding carboxylic acids is 1. The van der Waals surface area contributed by atoms with Crippen LogP contribution in [0.15, 0.2) is 15.2 Å². The van der Waals surface area contributed by atoms with E-state index in [2.05, 4.69) is 22.0 Å². The van der Waals surface area contributed by atoms with Gasteiger partial charge in [0.25, 0.3) is 5.91 Å². The average molecular weight is 313 g/mol. The highest BCUT2D eigenvalue weighted by atomic mass is 79.9. The fourth-order valence-corrected chi connectivity index (χ4v) is 3.05. The molecular formula is C12H13BrN2OS. The van der Waals surface area contributed by atoms with Gasteiger partial charge in [0.1, 0.15) is 0 Å². The number of hydrogen-bond acceptors (Lipinski definition) is 3. The Morgan fingerprint density at radius 3 is 2.71 bits per heavy atom. The van der Waals surface area contributed by atoms with Gasteiger partial charge in [0.2, 0.25) is 0 Å². The molecule has 0 radical (unpaired) electrons. The largest absolute Gasteiger partial charge is 0.339 e. The van der Waals surface area contributed by atoms with E-state index in [4.69, 9.17) is 5.26 Å². The Morgan fingerprint density at radius 1 is 1.59 bits per heavy atom. The summed E-state index contributed by atoms with van der Waals surface area (Å²) >= 11 is 4.88. The minimum atomic E-state index is -0.258. The van der Waals surface area contributed by atoms with Crippen molar-refractivity contribution in [1.82, 2.24) is 4.90 Å². The van der Waals surface area contributed by atoms with Gasteiger partial charge in [-0.05, 0) is 41.8 Å². The van der Waals surface area contributed by atoms with E-state index in [0.29, 0.717) is 13.1 Å². The standard InChI is InChI=1S/C12H13BrN2OS/c1-12(8-14)2-4-15(5-3-12)11(16)9-6-10(13)17-7-9/h6-7H,2-5H2,1H3. The number of halogens is 1. The second-order valence-corrected chi connectivity index (χ2v) is 6.89. The third-order valence-electron chi connectivity index (χ3n) is 3.24. The summed E-state index contributed by atoms with van der Waals surface area (Å²) in [5.74, 6) is 0.0759. The van der Waals surface area contributed by atoms with Crippen molar-refractivity contribution in [2.45, 2.75) is 19.8 Å². The van der Waals surface area contributed by atoms with Crippen LogP contribution in [0.25, 0.3) is 0 Å². The highest BCUT2D eigenvalue weighted by Gasteiger charge is 2.32. The molecule has 17 heavy (non-hydrogen) atoms. The van der Waals surface area contributed by atoms with Crippen LogP contribution in [0.4, 0.5) is 0 Å². The zero-order valence-electron chi connectivity index (χ0n) is 9.57. The molecule has 0 aliphatic carbocycles. The Morgan fingerprint density at radius 2 is 2.24 bits per heavy atom. The molecule has 1 aromatic heterocycles. The number of carbonyl (C=O) groups is 1. The van der Waals surface area contributed by atoms with Crippen molar-refractivity contribution in [3.63, 3.8) is 0 Å². The van der Waals surface area contributed by atoms with Crippen LogP contribution in [0.1, 0.15) is 30.1 Å². The number of nitriles is 1. The van der Waals surface area contributed by atoms with Crippen LogP contribution in [0.5, 0.6) is 0 Å². The molecule has 1 aromatic rings. The van der Waals surface area contributed by atoms with Crippen molar-refractivity contribution >= 4 is 33.2 Å². The molecular weight excluding hydrogens is 300 g/mol. The third-order valence-corrected chi connectivity index (χ3v) is 4.74. The first-order valence-electron chi connectivity index (χ1n) is 5.49. The topological polar surface area (TPSA) is 44.1 Å². The number of likely N-dealkylation sites (tertiary alicyclic amines) is 1. The van der Waals surface area contributed by atoms with Crippen LogP contribution in [0.3, 0.4) is 0 Å². The Hall–Kier alpha value is -0.860. The normalized spacial score (nSPS) is 18.8. The van der Waals surface area contributed by atoms with Gasteiger partial charge < -0.3 is 4.90 Å². The fourth-order valence-electron chi connectivity index (χ4n) is 1.92. The van der Waals surface area contributed by atoms with Crippen LogP contribution in [-0.4, -0.2) is 23.9 Å². The maximum absolute atomic E-state index is 12.1. The lowest BCUT2D eigenvalue weighted by Crippen LogP contribution is -2.41. The number of thiophene rings is 1. The summed E-state index contributed by atoms with van der Waals surface area (Å²) in [4.78, 5) is 14.0. The zero-order valence-corrected chi connectivity index (χ0v) is 12.0. The van der Waals surface area contributed by atoms with Gasteiger partial charge in [-0.1, -0.05) is 0 Å². The molecule has 90 valence electrons. The number of nitrogens with zero attached hydrogens (tertiary/aromatic N) is 2. The van der Waals surface area contributed by atoms with Crippen molar-refractivity contribution in [3.8, 4) is 6.07 Å². The number of rotatable bonds is 1. The van der Waals surface area contributed by atoms with Gasteiger partial charge in [0, 0.05) is 18.5 Å². The van der Waals surface area contributed by atoms with Gasteiger partial charge in [0.15, 0.2) is 0 Å². The molecule has 1 amide bonds. The molecule has 0 N–H and O–H groups in total. The summed E-state index contributed by atoms with van der Waals surface area (Å²) in [5.41, 5.74) is 0.480. The van der Waals surface area contributed by atoms with Crippen LogP contribution in [0.2, 0.25) is 0 Å². The van der Waals surface area contributed by atoms with Crippen molar-refractivity contribution in [3.05, 3.63) is 20.8 Å². The predicted molar refractivity (Wildman–Crippen MR) is 70.9 cm³/mol. The van der Waals surface area contributed by atoms with E-state index >= 15 is 0 Å². The predicted octanol–water partition coefficient (Wildman–Crippen LogP) is 3.28. The lowest BCUT2D eigenvalue weighted by atomic mass is 9.82. The van der Waals surface area contributed by atoms with Gasteiger partial charge in [-0.15, -0.1) is 11.3 Å².